The molecule has 0 spiro atoms. The van der Waals surface area contributed by atoms with Crippen molar-refractivity contribution in [2.45, 2.75) is 51.7 Å². The van der Waals surface area contributed by atoms with Crippen LogP contribution in [0.15, 0.2) is 24.3 Å². The first kappa shape index (κ1) is 18.2. The number of benzene rings is 1. The molecule has 1 saturated heterocycles. The maximum atomic E-state index is 12.0. The Balaban J connectivity index is 1.77. The minimum absolute atomic E-state index is 0.119. The maximum absolute atomic E-state index is 12.0. The van der Waals surface area contributed by atoms with Gasteiger partial charge < -0.3 is 20.7 Å². The van der Waals surface area contributed by atoms with Crippen molar-refractivity contribution in [1.29, 1.82) is 0 Å². The predicted octanol–water partition coefficient (Wildman–Crippen LogP) is 3.10. The first-order valence-corrected chi connectivity index (χ1v) is 9.09. The zero-order valence-electron chi connectivity index (χ0n) is 15.7. The number of alkyl carbamates (subject to hydrolysis) is 1. The number of hydrogen-bond acceptors (Lipinski definition) is 6. The Morgan fingerprint density at radius 3 is 2.65 bits per heavy atom. The second kappa shape index (κ2) is 7.35. The largest absolute Gasteiger partial charge is 0.444 e. The number of carbonyl (C=O) groups is 1. The van der Waals surface area contributed by atoms with Gasteiger partial charge in [-0.3, -0.25) is 0 Å². The Labute approximate surface area is 153 Å². The van der Waals surface area contributed by atoms with Crippen molar-refractivity contribution in [2.75, 3.05) is 23.7 Å². The molecule has 7 heteroatoms. The number of nitrogens with two attached hydrogens (primary N) is 1. The number of rotatable bonds is 3. The quantitative estimate of drug-likeness (QED) is 0.877. The molecule has 1 fully saturated rings. The molecule has 1 atom stereocenters. The van der Waals surface area contributed by atoms with E-state index in [9.17, 15) is 4.79 Å². The molecule has 7 nitrogen and oxygen atoms in total. The van der Waals surface area contributed by atoms with Crippen LogP contribution in [0.5, 0.6) is 0 Å². The zero-order valence-corrected chi connectivity index (χ0v) is 15.7. The molecular formula is C19H27N5O2. The van der Waals surface area contributed by atoms with Crippen LogP contribution in [0.3, 0.4) is 0 Å². The van der Waals surface area contributed by atoms with E-state index in [-0.39, 0.29) is 6.04 Å². The maximum Gasteiger partial charge on any atom is 0.407 e. The number of anilines is 2. The van der Waals surface area contributed by atoms with Crippen LogP contribution in [0.2, 0.25) is 0 Å². The summed E-state index contributed by atoms with van der Waals surface area (Å²) in [4.78, 5) is 23.4. The lowest BCUT2D eigenvalue weighted by atomic mass is 10.0. The Morgan fingerprint density at radius 1 is 1.27 bits per heavy atom. The van der Waals surface area contributed by atoms with Crippen molar-refractivity contribution >= 4 is 28.8 Å². The zero-order chi connectivity index (χ0) is 18.7. The van der Waals surface area contributed by atoms with Gasteiger partial charge in [0.15, 0.2) is 11.6 Å². The number of aromatic nitrogens is 2. The molecule has 0 bridgehead atoms. The van der Waals surface area contributed by atoms with Crippen LogP contribution in [0, 0.1) is 0 Å². The molecule has 1 aromatic heterocycles. The molecular weight excluding hydrogens is 330 g/mol. The van der Waals surface area contributed by atoms with Crippen LogP contribution in [-0.4, -0.2) is 40.8 Å². The standard InChI is InChI=1S/C19H27N5O2/c1-19(2,3)26-18(25)21-12-13-8-6-7-11-24(13)17-16(20)22-14-9-4-5-10-15(14)23-17/h4-5,9-10,13H,6-8,11-12H2,1-3H3,(H2,20,22)(H,21,25)/t13-/m1/s1. The molecule has 1 aliphatic heterocycles. The van der Waals surface area contributed by atoms with E-state index in [1.807, 2.05) is 45.0 Å². The molecule has 3 N–H and O–H groups in total. The monoisotopic (exact) mass is 357 g/mol. The Hall–Kier alpha value is -2.57. The molecule has 1 aromatic carbocycles. The van der Waals surface area contributed by atoms with Gasteiger partial charge in [-0.2, -0.15) is 0 Å². The van der Waals surface area contributed by atoms with Gasteiger partial charge in [0.25, 0.3) is 0 Å². The summed E-state index contributed by atoms with van der Waals surface area (Å²) in [5.74, 6) is 1.12. The third kappa shape index (κ3) is 4.33. The van der Waals surface area contributed by atoms with Gasteiger partial charge in [0, 0.05) is 19.1 Å². The first-order valence-electron chi connectivity index (χ1n) is 9.09. The van der Waals surface area contributed by atoms with Crippen molar-refractivity contribution in [3.8, 4) is 0 Å². The van der Waals surface area contributed by atoms with Crippen molar-refractivity contribution < 1.29 is 9.53 Å². The van der Waals surface area contributed by atoms with E-state index < -0.39 is 11.7 Å². The summed E-state index contributed by atoms with van der Waals surface area (Å²) in [5, 5.41) is 2.87. The van der Waals surface area contributed by atoms with E-state index in [0.717, 1.165) is 36.8 Å². The second-order valence-electron chi connectivity index (χ2n) is 7.65. The number of fused-ring (bicyclic) bond motifs is 1. The van der Waals surface area contributed by atoms with E-state index in [4.69, 9.17) is 15.5 Å². The molecule has 26 heavy (non-hydrogen) atoms. The average Bonchev–Trinajstić information content (AvgIpc) is 2.58. The van der Waals surface area contributed by atoms with Crippen LogP contribution in [0.4, 0.5) is 16.4 Å². The molecule has 3 rings (SSSR count). The second-order valence-corrected chi connectivity index (χ2v) is 7.65. The molecule has 2 heterocycles. The van der Waals surface area contributed by atoms with Gasteiger partial charge in [-0.15, -0.1) is 0 Å². The number of nitrogen functional groups attached to an aromatic ring is 1. The number of ether oxygens (including phenoxy) is 1. The highest BCUT2D eigenvalue weighted by atomic mass is 16.6. The fourth-order valence-electron chi connectivity index (χ4n) is 3.22. The Bertz CT molecular complexity index is 787. The topological polar surface area (TPSA) is 93.4 Å². The third-order valence-electron chi connectivity index (χ3n) is 4.36. The number of para-hydroxylation sites is 2. The number of piperidine rings is 1. The summed E-state index contributed by atoms with van der Waals surface area (Å²) in [6.07, 6.45) is 2.74. The SMILES string of the molecule is CC(C)(C)OC(=O)NC[C@H]1CCCCN1c1nc2ccccc2nc1N. The Morgan fingerprint density at radius 2 is 1.96 bits per heavy atom. The van der Waals surface area contributed by atoms with E-state index in [2.05, 4.69) is 15.2 Å². The summed E-state index contributed by atoms with van der Waals surface area (Å²) in [6.45, 7) is 6.89. The minimum atomic E-state index is -0.509. The molecule has 1 aliphatic rings. The normalized spacial score (nSPS) is 18.0. The van der Waals surface area contributed by atoms with E-state index >= 15 is 0 Å². The van der Waals surface area contributed by atoms with Gasteiger partial charge in [0.05, 0.1) is 11.0 Å². The van der Waals surface area contributed by atoms with Gasteiger partial charge in [-0.25, -0.2) is 14.8 Å². The van der Waals surface area contributed by atoms with Gasteiger partial charge >= 0.3 is 6.09 Å². The molecule has 0 unspecified atom stereocenters. The van der Waals surface area contributed by atoms with Crippen LogP contribution >= 0.6 is 0 Å². The van der Waals surface area contributed by atoms with Crippen LogP contribution in [-0.2, 0) is 4.74 Å². The van der Waals surface area contributed by atoms with Crippen LogP contribution in [0.25, 0.3) is 11.0 Å². The lowest BCUT2D eigenvalue weighted by molar-refractivity contribution is 0.0523. The summed E-state index contributed by atoms with van der Waals surface area (Å²) >= 11 is 0. The molecule has 0 radical (unpaired) electrons. The van der Waals surface area contributed by atoms with Crippen molar-refractivity contribution in [2.24, 2.45) is 0 Å². The fraction of sp³-hybridized carbons (Fsp3) is 0.526. The van der Waals surface area contributed by atoms with Gasteiger partial charge in [-0.1, -0.05) is 12.1 Å². The van der Waals surface area contributed by atoms with E-state index in [0.29, 0.717) is 18.2 Å². The van der Waals surface area contributed by atoms with Crippen LogP contribution in [0.1, 0.15) is 40.0 Å². The van der Waals surface area contributed by atoms with Gasteiger partial charge in [0.1, 0.15) is 5.60 Å². The number of amides is 1. The smallest absolute Gasteiger partial charge is 0.407 e. The molecule has 0 saturated carbocycles. The van der Waals surface area contributed by atoms with Gasteiger partial charge in [0.2, 0.25) is 0 Å². The van der Waals surface area contributed by atoms with Gasteiger partial charge in [-0.05, 0) is 52.2 Å². The summed E-state index contributed by atoms with van der Waals surface area (Å²) in [7, 11) is 0. The average molecular weight is 357 g/mol. The fourth-order valence-corrected chi connectivity index (χ4v) is 3.22. The highest BCUT2D eigenvalue weighted by Crippen LogP contribution is 2.28. The number of hydrogen-bond donors (Lipinski definition) is 2. The first-order chi connectivity index (χ1) is 12.3. The number of carbonyl (C=O) groups excluding carboxylic acids is 1. The molecule has 140 valence electrons. The minimum Gasteiger partial charge on any atom is -0.444 e. The summed E-state index contributed by atoms with van der Waals surface area (Å²) in [5.41, 5.74) is 7.29. The highest BCUT2D eigenvalue weighted by molar-refractivity contribution is 5.80. The summed E-state index contributed by atoms with van der Waals surface area (Å²) in [6, 6.07) is 7.82. The van der Waals surface area contributed by atoms with E-state index in [1.165, 1.54) is 0 Å². The lowest BCUT2D eigenvalue weighted by Gasteiger charge is -2.37. The number of nitrogens with one attached hydrogen (secondary N) is 1. The van der Waals surface area contributed by atoms with E-state index in [1.54, 1.807) is 0 Å². The third-order valence-corrected chi connectivity index (χ3v) is 4.36. The van der Waals surface area contributed by atoms with Crippen molar-refractivity contribution in [3.05, 3.63) is 24.3 Å². The summed E-state index contributed by atoms with van der Waals surface area (Å²) < 4.78 is 5.33. The van der Waals surface area contributed by atoms with Crippen molar-refractivity contribution in [3.63, 3.8) is 0 Å². The predicted molar refractivity (Wildman–Crippen MR) is 103 cm³/mol. The highest BCUT2D eigenvalue weighted by Gasteiger charge is 2.27. The van der Waals surface area contributed by atoms with Crippen LogP contribution < -0.4 is 16.0 Å². The number of nitrogens with zero attached hydrogens (tertiary/aromatic N) is 3. The lowest BCUT2D eigenvalue weighted by Crippen LogP contribution is -2.48. The molecule has 0 aliphatic carbocycles. The molecule has 2 aromatic rings. The Kier molecular flexibility index (Phi) is 5.15. The van der Waals surface area contributed by atoms with Crippen molar-refractivity contribution in [1.82, 2.24) is 15.3 Å². The molecule has 1 amide bonds.